The summed E-state index contributed by atoms with van der Waals surface area (Å²) in [5, 5.41) is 5.35. The minimum atomic E-state index is 0.673. The predicted molar refractivity (Wildman–Crippen MR) is 131 cm³/mol. The van der Waals surface area contributed by atoms with Crippen LogP contribution in [0.15, 0.2) is 54.7 Å². The molecule has 0 aliphatic heterocycles. The second-order valence-electron chi connectivity index (χ2n) is 7.93. The first kappa shape index (κ1) is 21.0. The summed E-state index contributed by atoms with van der Waals surface area (Å²) in [5.41, 5.74) is 4.39. The lowest BCUT2D eigenvalue weighted by atomic mass is 10.1. The Morgan fingerprint density at radius 2 is 1.84 bits per heavy atom. The zero-order chi connectivity index (χ0) is 22.0. The number of benzene rings is 2. The van der Waals surface area contributed by atoms with Crippen LogP contribution in [-0.2, 0) is 6.42 Å². The van der Waals surface area contributed by atoms with Crippen LogP contribution < -0.4 is 15.1 Å². The molecule has 7 heteroatoms. The lowest BCUT2D eigenvalue weighted by Crippen LogP contribution is -2.24. The molecule has 0 atom stereocenters. The Morgan fingerprint density at radius 3 is 2.61 bits per heavy atom. The summed E-state index contributed by atoms with van der Waals surface area (Å²) in [6, 6.07) is 16.2. The van der Waals surface area contributed by atoms with E-state index in [1.807, 2.05) is 63.3 Å². The number of nitrogens with zero attached hydrogens (tertiary/aromatic N) is 4. The van der Waals surface area contributed by atoms with Crippen molar-refractivity contribution in [3.05, 3.63) is 70.9 Å². The average molecular weight is 435 g/mol. The minimum Gasteiger partial charge on any atom is -0.363 e. The fraction of sp³-hybridized carbons (Fsp3) is 0.250. The van der Waals surface area contributed by atoms with Crippen LogP contribution in [0.5, 0.6) is 0 Å². The first-order valence-corrected chi connectivity index (χ1v) is 10.6. The highest BCUT2D eigenvalue weighted by Crippen LogP contribution is 2.26. The van der Waals surface area contributed by atoms with Crippen molar-refractivity contribution in [3.8, 4) is 0 Å². The Hall–Kier alpha value is -3.25. The molecule has 0 saturated heterocycles. The molecular weight excluding hydrogens is 408 g/mol. The number of aromatic amines is 1. The van der Waals surface area contributed by atoms with Gasteiger partial charge in [0.1, 0.15) is 11.6 Å². The Labute approximate surface area is 187 Å². The summed E-state index contributed by atoms with van der Waals surface area (Å²) in [6.07, 6.45) is 2.98. The van der Waals surface area contributed by atoms with Gasteiger partial charge in [0.15, 0.2) is 0 Å². The molecular formula is C24H27ClN6. The van der Waals surface area contributed by atoms with E-state index in [4.69, 9.17) is 21.6 Å². The molecule has 2 aromatic carbocycles. The molecule has 0 amide bonds. The number of fused-ring (bicyclic) bond motifs is 1. The van der Waals surface area contributed by atoms with Crippen LogP contribution in [0.2, 0.25) is 5.02 Å². The maximum absolute atomic E-state index is 6.28. The second-order valence-corrected chi connectivity index (χ2v) is 8.33. The van der Waals surface area contributed by atoms with Crippen LogP contribution in [0, 0.1) is 6.92 Å². The van der Waals surface area contributed by atoms with Gasteiger partial charge in [0.2, 0.25) is 5.95 Å². The fourth-order valence-corrected chi connectivity index (χ4v) is 3.61. The number of hydrogen-bond donors (Lipinski definition) is 2. The molecule has 2 N–H and O–H groups in total. The number of likely N-dealkylation sites (N-methyl/N-ethyl adjacent to an activating group) is 1. The molecule has 2 heterocycles. The lowest BCUT2D eigenvalue weighted by Gasteiger charge is -2.21. The van der Waals surface area contributed by atoms with Gasteiger partial charge in [0, 0.05) is 61.6 Å². The second kappa shape index (κ2) is 8.86. The number of H-pyrrole nitrogens is 1. The van der Waals surface area contributed by atoms with E-state index in [1.54, 1.807) is 0 Å². The molecule has 2 aromatic heterocycles. The zero-order valence-electron chi connectivity index (χ0n) is 18.3. The lowest BCUT2D eigenvalue weighted by molar-refractivity contribution is 0.838. The van der Waals surface area contributed by atoms with E-state index in [1.165, 1.54) is 10.9 Å². The summed E-state index contributed by atoms with van der Waals surface area (Å²) in [5.74, 6) is 2.24. The Balaban J connectivity index is 1.55. The van der Waals surface area contributed by atoms with Crippen molar-refractivity contribution < 1.29 is 0 Å². The van der Waals surface area contributed by atoms with Crippen molar-refractivity contribution in [1.82, 2.24) is 15.0 Å². The maximum atomic E-state index is 6.28. The number of rotatable bonds is 7. The molecule has 6 nitrogen and oxygen atoms in total. The van der Waals surface area contributed by atoms with Gasteiger partial charge >= 0.3 is 0 Å². The molecule has 0 radical (unpaired) electrons. The summed E-state index contributed by atoms with van der Waals surface area (Å²) < 4.78 is 0. The van der Waals surface area contributed by atoms with Gasteiger partial charge < -0.3 is 20.1 Å². The largest absolute Gasteiger partial charge is 0.363 e. The van der Waals surface area contributed by atoms with E-state index < -0.39 is 0 Å². The van der Waals surface area contributed by atoms with Gasteiger partial charge in [-0.15, -0.1) is 0 Å². The quantitative estimate of drug-likeness (QED) is 0.407. The van der Waals surface area contributed by atoms with Gasteiger partial charge in [0.05, 0.1) is 0 Å². The van der Waals surface area contributed by atoms with Gasteiger partial charge in [-0.25, -0.2) is 0 Å². The van der Waals surface area contributed by atoms with Crippen LogP contribution >= 0.6 is 11.6 Å². The number of hydrogen-bond acceptors (Lipinski definition) is 5. The molecule has 0 unspecified atom stereocenters. The average Bonchev–Trinajstić information content (AvgIpc) is 3.17. The number of anilines is 4. The van der Waals surface area contributed by atoms with Gasteiger partial charge in [-0.1, -0.05) is 35.9 Å². The van der Waals surface area contributed by atoms with E-state index in [0.29, 0.717) is 5.95 Å². The molecule has 0 aliphatic carbocycles. The highest BCUT2D eigenvalue weighted by atomic mass is 35.5. The van der Waals surface area contributed by atoms with Crippen molar-refractivity contribution >= 4 is 45.8 Å². The number of para-hydroxylation sites is 1. The highest BCUT2D eigenvalue weighted by molar-refractivity contribution is 6.31. The van der Waals surface area contributed by atoms with E-state index in [2.05, 4.69) is 39.6 Å². The zero-order valence-corrected chi connectivity index (χ0v) is 19.0. The van der Waals surface area contributed by atoms with E-state index in [9.17, 15) is 0 Å². The third kappa shape index (κ3) is 4.75. The maximum Gasteiger partial charge on any atom is 0.229 e. The van der Waals surface area contributed by atoms with Gasteiger partial charge in [-0.05, 0) is 42.7 Å². The first-order chi connectivity index (χ1) is 14.9. The molecule has 0 bridgehead atoms. The number of nitrogens with one attached hydrogen (secondary N) is 2. The summed E-state index contributed by atoms with van der Waals surface area (Å²) in [6.45, 7) is 2.79. The number of aryl methyl sites for hydroxylation is 1. The number of aromatic nitrogens is 3. The van der Waals surface area contributed by atoms with Gasteiger partial charge in [-0.3, -0.25) is 0 Å². The van der Waals surface area contributed by atoms with Crippen molar-refractivity contribution in [2.75, 3.05) is 42.8 Å². The molecule has 4 rings (SSSR count). The normalized spacial score (nSPS) is 11.0. The van der Waals surface area contributed by atoms with Crippen LogP contribution in [-0.4, -0.2) is 42.6 Å². The van der Waals surface area contributed by atoms with Crippen LogP contribution in [0.4, 0.5) is 23.3 Å². The molecule has 4 aromatic rings. The molecule has 31 heavy (non-hydrogen) atoms. The van der Waals surface area contributed by atoms with E-state index in [0.717, 1.165) is 46.4 Å². The minimum absolute atomic E-state index is 0.673. The molecule has 0 saturated carbocycles. The van der Waals surface area contributed by atoms with Crippen molar-refractivity contribution in [2.45, 2.75) is 13.3 Å². The van der Waals surface area contributed by atoms with E-state index >= 15 is 0 Å². The molecule has 0 aliphatic rings. The number of halogens is 1. The molecule has 0 fully saturated rings. The monoisotopic (exact) mass is 434 g/mol. The fourth-order valence-electron chi connectivity index (χ4n) is 3.43. The third-order valence-corrected chi connectivity index (χ3v) is 5.74. The van der Waals surface area contributed by atoms with Crippen molar-refractivity contribution in [3.63, 3.8) is 0 Å². The highest BCUT2D eigenvalue weighted by Gasteiger charge is 2.12. The Bertz CT molecular complexity index is 1200. The van der Waals surface area contributed by atoms with Crippen LogP contribution in [0.1, 0.15) is 11.1 Å². The first-order valence-electron chi connectivity index (χ1n) is 10.3. The third-order valence-electron chi connectivity index (χ3n) is 5.34. The summed E-state index contributed by atoms with van der Waals surface area (Å²) in [7, 11) is 5.98. The topological polar surface area (TPSA) is 60.1 Å². The SMILES string of the molecule is Cc1ccc(Nc2cc(N(C)C)nc(N(C)CCc3c[nH]c4ccccc34)n2)cc1Cl. The van der Waals surface area contributed by atoms with Crippen LogP contribution in [0.25, 0.3) is 10.9 Å². The van der Waals surface area contributed by atoms with Crippen molar-refractivity contribution in [2.24, 2.45) is 0 Å². The molecule has 0 spiro atoms. The van der Waals surface area contributed by atoms with Gasteiger partial charge in [0.25, 0.3) is 0 Å². The Morgan fingerprint density at radius 1 is 1.03 bits per heavy atom. The van der Waals surface area contributed by atoms with E-state index in [-0.39, 0.29) is 0 Å². The van der Waals surface area contributed by atoms with Crippen molar-refractivity contribution in [1.29, 1.82) is 0 Å². The summed E-state index contributed by atoms with van der Waals surface area (Å²) in [4.78, 5) is 16.9. The predicted octanol–water partition coefficient (Wildman–Crippen LogP) is 5.41. The standard InChI is InChI=1S/C24H27ClN6/c1-16-9-10-18(13-20(16)25)27-22-14-23(30(2)3)29-24(28-22)31(4)12-11-17-15-26-21-8-6-5-7-19(17)21/h5-10,13-15,26H,11-12H2,1-4H3,(H,27,28,29). The smallest absolute Gasteiger partial charge is 0.229 e. The summed E-state index contributed by atoms with van der Waals surface area (Å²) >= 11 is 6.28. The van der Waals surface area contributed by atoms with Gasteiger partial charge in [-0.2, -0.15) is 9.97 Å². The Kier molecular flexibility index (Phi) is 6.00. The van der Waals surface area contributed by atoms with Crippen LogP contribution in [0.3, 0.4) is 0 Å². The molecule has 160 valence electrons.